The Kier molecular flexibility index (Phi) is 7.22. The molecule has 1 amide bonds. The summed E-state index contributed by atoms with van der Waals surface area (Å²) >= 11 is 3.61. The standard InChI is InChI=1S/C29H30BrN3O3/c1-18-16-23(24(17-19(18)2)32-28(35)36-29(3,4)5)31-27(26(34)20-10-7-6-8-11-20)33-15-14-21-22(30)12-9-13-25(21)33/h6-17,27,31H,1-5H3,(H,32,35). The van der Waals surface area contributed by atoms with Gasteiger partial charge in [0.15, 0.2) is 6.17 Å². The first-order valence-electron chi connectivity index (χ1n) is 11.8. The molecule has 0 fully saturated rings. The number of carbonyl (C=O) groups is 2. The lowest BCUT2D eigenvalue weighted by atomic mass is 10.1. The van der Waals surface area contributed by atoms with Crippen LogP contribution in [-0.2, 0) is 4.74 Å². The highest BCUT2D eigenvalue weighted by Gasteiger charge is 2.25. The van der Waals surface area contributed by atoms with Crippen molar-refractivity contribution in [2.45, 2.75) is 46.4 Å². The molecule has 4 aromatic rings. The Morgan fingerprint density at radius 1 is 0.917 bits per heavy atom. The van der Waals surface area contributed by atoms with E-state index in [0.717, 1.165) is 26.5 Å². The van der Waals surface area contributed by atoms with Crippen molar-refractivity contribution in [3.8, 4) is 0 Å². The highest BCUT2D eigenvalue weighted by molar-refractivity contribution is 9.10. The molecule has 0 spiro atoms. The van der Waals surface area contributed by atoms with Gasteiger partial charge in [0.1, 0.15) is 5.60 Å². The van der Waals surface area contributed by atoms with E-state index in [1.54, 1.807) is 12.1 Å². The van der Waals surface area contributed by atoms with Gasteiger partial charge in [0.05, 0.1) is 16.9 Å². The smallest absolute Gasteiger partial charge is 0.412 e. The Labute approximate surface area is 219 Å². The van der Waals surface area contributed by atoms with Crippen LogP contribution in [-0.4, -0.2) is 22.0 Å². The predicted octanol–water partition coefficient (Wildman–Crippen LogP) is 7.86. The van der Waals surface area contributed by atoms with Crippen molar-refractivity contribution in [3.05, 3.63) is 94.1 Å². The number of ether oxygens (including phenoxy) is 1. The van der Waals surface area contributed by atoms with E-state index < -0.39 is 17.9 Å². The van der Waals surface area contributed by atoms with Crippen molar-refractivity contribution in [1.29, 1.82) is 0 Å². The van der Waals surface area contributed by atoms with Crippen molar-refractivity contribution < 1.29 is 14.3 Å². The summed E-state index contributed by atoms with van der Waals surface area (Å²) < 4.78 is 8.34. The second kappa shape index (κ2) is 10.2. The average Bonchev–Trinajstić information content (AvgIpc) is 3.24. The van der Waals surface area contributed by atoms with Crippen molar-refractivity contribution >= 4 is 50.1 Å². The molecule has 3 aromatic carbocycles. The third-order valence-electron chi connectivity index (χ3n) is 5.86. The first-order valence-corrected chi connectivity index (χ1v) is 12.5. The van der Waals surface area contributed by atoms with Crippen molar-refractivity contribution in [2.75, 3.05) is 10.6 Å². The van der Waals surface area contributed by atoms with Crippen molar-refractivity contribution in [3.63, 3.8) is 0 Å². The molecule has 0 aliphatic rings. The summed E-state index contributed by atoms with van der Waals surface area (Å²) in [5, 5.41) is 7.28. The van der Waals surface area contributed by atoms with E-state index in [1.165, 1.54) is 0 Å². The lowest BCUT2D eigenvalue weighted by molar-refractivity contribution is 0.0636. The number of ketones is 1. The van der Waals surface area contributed by atoms with E-state index in [1.807, 2.05) is 100.0 Å². The molecule has 36 heavy (non-hydrogen) atoms. The first-order chi connectivity index (χ1) is 17.0. The lowest BCUT2D eigenvalue weighted by Crippen LogP contribution is -2.29. The molecule has 0 aliphatic heterocycles. The van der Waals surface area contributed by atoms with E-state index in [0.29, 0.717) is 16.9 Å². The number of carbonyl (C=O) groups excluding carboxylic acids is 2. The van der Waals surface area contributed by atoms with E-state index in [9.17, 15) is 9.59 Å². The van der Waals surface area contributed by atoms with Gasteiger partial charge in [-0.3, -0.25) is 10.1 Å². The number of amides is 1. The average molecular weight is 548 g/mol. The van der Waals surface area contributed by atoms with Crippen LogP contribution in [0.5, 0.6) is 0 Å². The van der Waals surface area contributed by atoms with Gasteiger partial charge >= 0.3 is 6.09 Å². The maximum absolute atomic E-state index is 13.8. The molecule has 0 aliphatic carbocycles. The Balaban J connectivity index is 1.80. The van der Waals surface area contributed by atoms with Crippen LogP contribution < -0.4 is 10.6 Å². The molecule has 6 nitrogen and oxygen atoms in total. The van der Waals surface area contributed by atoms with Gasteiger partial charge in [0.25, 0.3) is 0 Å². The van der Waals surface area contributed by atoms with Crippen LogP contribution in [0.2, 0.25) is 0 Å². The van der Waals surface area contributed by atoms with Crippen LogP contribution in [0.15, 0.2) is 77.4 Å². The van der Waals surface area contributed by atoms with Gasteiger partial charge < -0.3 is 14.6 Å². The van der Waals surface area contributed by atoms with Crippen LogP contribution in [0, 0.1) is 13.8 Å². The number of hydrogen-bond acceptors (Lipinski definition) is 4. The number of hydrogen-bond donors (Lipinski definition) is 2. The van der Waals surface area contributed by atoms with Gasteiger partial charge in [0.2, 0.25) is 5.78 Å². The number of anilines is 2. The third-order valence-corrected chi connectivity index (χ3v) is 6.55. The fourth-order valence-electron chi connectivity index (χ4n) is 4.00. The van der Waals surface area contributed by atoms with Crippen LogP contribution >= 0.6 is 15.9 Å². The SMILES string of the molecule is Cc1cc(NC(=O)OC(C)(C)C)c(NC(C(=O)c2ccccc2)n2ccc3c(Br)cccc32)cc1C. The number of nitrogens with zero attached hydrogens (tertiary/aromatic N) is 1. The molecule has 1 aromatic heterocycles. The second-order valence-corrected chi connectivity index (χ2v) is 10.6. The maximum Gasteiger partial charge on any atom is 0.412 e. The number of halogens is 1. The monoisotopic (exact) mass is 547 g/mol. The molecule has 7 heteroatoms. The van der Waals surface area contributed by atoms with Crippen molar-refractivity contribution in [1.82, 2.24) is 4.57 Å². The Hall–Kier alpha value is -3.58. The van der Waals surface area contributed by atoms with Gasteiger partial charge in [-0.2, -0.15) is 0 Å². The van der Waals surface area contributed by atoms with Crippen molar-refractivity contribution in [2.24, 2.45) is 0 Å². The molecule has 2 N–H and O–H groups in total. The normalized spacial score (nSPS) is 12.3. The molecular formula is C29H30BrN3O3. The third kappa shape index (κ3) is 5.62. The number of fused-ring (bicyclic) bond motifs is 1. The Morgan fingerprint density at radius 2 is 1.58 bits per heavy atom. The zero-order valence-electron chi connectivity index (χ0n) is 21.1. The molecule has 0 radical (unpaired) electrons. The highest BCUT2D eigenvalue weighted by Crippen LogP contribution is 2.33. The molecule has 4 rings (SSSR count). The summed E-state index contributed by atoms with van der Waals surface area (Å²) in [7, 11) is 0. The van der Waals surface area contributed by atoms with E-state index in [2.05, 4.69) is 26.6 Å². The lowest BCUT2D eigenvalue weighted by Gasteiger charge is -2.25. The molecule has 1 atom stereocenters. The van der Waals surface area contributed by atoms with Gasteiger partial charge in [-0.05, 0) is 76.1 Å². The number of benzene rings is 3. The fourth-order valence-corrected chi connectivity index (χ4v) is 4.49. The Morgan fingerprint density at radius 3 is 2.25 bits per heavy atom. The summed E-state index contributed by atoms with van der Waals surface area (Å²) in [5.74, 6) is -0.102. The van der Waals surface area contributed by atoms with E-state index in [4.69, 9.17) is 4.74 Å². The summed E-state index contributed by atoms with van der Waals surface area (Å²) in [5.41, 5.74) is 4.03. The number of aromatic nitrogens is 1. The molecule has 0 saturated carbocycles. The highest BCUT2D eigenvalue weighted by atomic mass is 79.9. The summed E-state index contributed by atoms with van der Waals surface area (Å²) in [6, 6.07) is 20.9. The van der Waals surface area contributed by atoms with Crippen LogP contribution in [0.25, 0.3) is 10.9 Å². The Bertz CT molecular complexity index is 1420. The number of nitrogens with one attached hydrogen (secondary N) is 2. The van der Waals surface area contributed by atoms with Gasteiger partial charge in [-0.15, -0.1) is 0 Å². The quantitative estimate of drug-likeness (QED) is 0.241. The minimum atomic E-state index is -0.763. The van der Waals surface area contributed by atoms with Gasteiger partial charge in [0, 0.05) is 21.6 Å². The molecule has 0 bridgehead atoms. The van der Waals surface area contributed by atoms with Gasteiger partial charge in [-0.1, -0.05) is 52.3 Å². The molecule has 0 saturated heterocycles. The molecule has 1 heterocycles. The minimum absolute atomic E-state index is 0.102. The number of aryl methyl sites for hydroxylation is 2. The maximum atomic E-state index is 13.8. The topological polar surface area (TPSA) is 72.4 Å². The van der Waals surface area contributed by atoms with Crippen LogP contribution in [0.3, 0.4) is 0 Å². The van der Waals surface area contributed by atoms with Crippen LogP contribution in [0.1, 0.15) is 48.4 Å². The largest absolute Gasteiger partial charge is 0.444 e. The molecule has 186 valence electrons. The molecule has 1 unspecified atom stereocenters. The fraction of sp³-hybridized carbons (Fsp3) is 0.241. The summed E-state index contributed by atoms with van der Waals surface area (Å²) in [4.78, 5) is 26.5. The first kappa shape index (κ1) is 25.5. The number of rotatable bonds is 6. The van der Waals surface area contributed by atoms with Gasteiger partial charge in [-0.25, -0.2) is 4.79 Å². The predicted molar refractivity (Wildman–Crippen MR) is 149 cm³/mol. The van der Waals surface area contributed by atoms with E-state index >= 15 is 0 Å². The summed E-state index contributed by atoms with van der Waals surface area (Å²) in [6.07, 6.45) is 0.575. The summed E-state index contributed by atoms with van der Waals surface area (Å²) in [6.45, 7) is 9.42. The second-order valence-electron chi connectivity index (χ2n) is 9.78. The molecular weight excluding hydrogens is 518 g/mol. The number of Topliss-reactive ketones (excluding diaryl/α,β-unsaturated/α-hetero) is 1. The van der Waals surface area contributed by atoms with Crippen LogP contribution in [0.4, 0.5) is 16.2 Å². The zero-order valence-corrected chi connectivity index (χ0v) is 22.6. The zero-order chi connectivity index (χ0) is 26.0. The van der Waals surface area contributed by atoms with E-state index in [-0.39, 0.29) is 5.78 Å². The minimum Gasteiger partial charge on any atom is -0.444 e.